The average Bonchev–Trinajstić information content (AvgIpc) is 2.73. The maximum atomic E-state index is 6.50. The van der Waals surface area contributed by atoms with Crippen LogP contribution >= 0.6 is 11.3 Å². The Bertz CT molecular complexity index is 318. The van der Waals surface area contributed by atoms with E-state index < -0.39 is 0 Å². The molecule has 2 N–H and O–H groups in total. The van der Waals surface area contributed by atoms with Gasteiger partial charge in [-0.05, 0) is 49.1 Å². The van der Waals surface area contributed by atoms with Crippen molar-refractivity contribution in [1.29, 1.82) is 0 Å². The summed E-state index contributed by atoms with van der Waals surface area (Å²) in [6.07, 6.45) is 4.95. The molecule has 1 aromatic rings. The Morgan fingerprint density at radius 1 is 1.64 bits per heavy atom. The first-order chi connectivity index (χ1) is 6.65. The number of rotatable bonds is 2. The van der Waals surface area contributed by atoms with Crippen molar-refractivity contribution in [2.45, 2.75) is 45.1 Å². The molecule has 1 saturated carbocycles. The second-order valence-electron chi connectivity index (χ2n) is 4.61. The second-order valence-corrected chi connectivity index (χ2v) is 5.52. The maximum absolute atomic E-state index is 6.50. The summed E-state index contributed by atoms with van der Waals surface area (Å²) in [5.41, 5.74) is 7.88. The predicted octanol–water partition coefficient (Wildman–Crippen LogP) is 3.42. The van der Waals surface area contributed by atoms with Crippen molar-refractivity contribution in [2.75, 3.05) is 0 Å². The van der Waals surface area contributed by atoms with Gasteiger partial charge in [-0.3, -0.25) is 0 Å². The van der Waals surface area contributed by atoms with Crippen LogP contribution in [-0.4, -0.2) is 0 Å². The number of nitrogens with two attached hydrogens (primary N) is 1. The molecule has 1 fully saturated rings. The lowest BCUT2D eigenvalue weighted by atomic mass is 9.92. The smallest absolute Gasteiger partial charge is 0.0509 e. The molecule has 2 heteroatoms. The van der Waals surface area contributed by atoms with Crippen molar-refractivity contribution < 1.29 is 0 Å². The summed E-state index contributed by atoms with van der Waals surface area (Å²) in [4.78, 5) is 1.42. The molecule has 1 aliphatic carbocycles. The standard InChI is InChI=1S/C12H19NS/c1-3-10-4-6-12(13,8-10)11-9(2)5-7-14-11/h5,7,10H,3-4,6,8,13H2,1-2H3. The van der Waals surface area contributed by atoms with E-state index in [4.69, 9.17) is 5.73 Å². The minimum absolute atomic E-state index is 0.00106. The van der Waals surface area contributed by atoms with Gasteiger partial charge in [-0.25, -0.2) is 0 Å². The van der Waals surface area contributed by atoms with Crippen LogP contribution in [0.2, 0.25) is 0 Å². The molecule has 0 aromatic carbocycles. The zero-order valence-corrected chi connectivity index (χ0v) is 9.86. The monoisotopic (exact) mass is 209 g/mol. The maximum Gasteiger partial charge on any atom is 0.0509 e. The van der Waals surface area contributed by atoms with E-state index in [1.807, 2.05) is 11.3 Å². The molecule has 14 heavy (non-hydrogen) atoms. The van der Waals surface area contributed by atoms with Crippen molar-refractivity contribution in [3.05, 3.63) is 21.9 Å². The molecule has 2 rings (SSSR count). The molecule has 1 heterocycles. The Morgan fingerprint density at radius 3 is 2.93 bits per heavy atom. The number of hydrogen-bond donors (Lipinski definition) is 1. The molecule has 0 spiro atoms. The molecule has 0 amide bonds. The van der Waals surface area contributed by atoms with E-state index in [1.54, 1.807) is 0 Å². The predicted molar refractivity (Wildman–Crippen MR) is 62.6 cm³/mol. The zero-order valence-electron chi connectivity index (χ0n) is 9.05. The summed E-state index contributed by atoms with van der Waals surface area (Å²) in [5.74, 6) is 0.849. The van der Waals surface area contributed by atoms with E-state index in [0.29, 0.717) is 0 Å². The fourth-order valence-electron chi connectivity index (χ4n) is 2.62. The Balaban J connectivity index is 2.22. The lowest BCUT2D eigenvalue weighted by Crippen LogP contribution is -2.33. The summed E-state index contributed by atoms with van der Waals surface area (Å²) < 4.78 is 0. The van der Waals surface area contributed by atoms with Gasteiger partial charge >= 0.3 is 0 Å². The molecule has 0 bridgehead atoms. The van der Waals surface area contributed by atoms with Crippen LogP contribution in [0.4, 0.5) is 0 Å². The number of hydrogen-bond acceptors (Lipinski definition) is 2. The highest BCUT2D eigenvalue weighted by Crippen LogP contribution is 2.44. The summed E-state index contributed by atoms with van der Waals surface area (Å²) >= 11 is 1.83. The molecular weight excluding hydrogens is 190 g/mol. The molecule has 2 atom stereocenters. The molecule has 1 aliphatic rings. The van der Waals surface area contributed by atoms with E-state index in [0.717, 1.165) is 5.92 Å². The highest BCUT2D eigenvalue weighted by Gasteiger charge is 2.37. The fraction of sp³-hybridized carbons (Fsp3) is 0.667. The minimum Gasteiger partial charge on any atom is -0.321 e. The topological polar surface area (TPSA) is 26.0 Å². The van der Waals surface area contributed by atoms with Crippen LogP contribution in [0.25, 0.3) is 0 Å². The highest BCUT2D eigenvalue weighted by molar-refractivity contribution is 7.10. The van der Waals surface area contributed by atoms with Crippen molar-refractivity contribution >= 4 is 11.3 Å². The van der Waals surface area contributed by atoms with Gasteiger partial charge in [-0.15, -0.1) is 11.3 Å². The van der Waals surface area contributed by atoms with Gasteiger partial charge in [-0.1, -0.05) is 13.3 Å². The molecule has 78 valence electrons. The molecule has 0 saturated heterocycles. The Labute approximate surface area is 90.3 Å². The quantitative estimate of drug-likeness (QED) is 0.793. The average molecular weight is 209 g/mol. The number of thiophene rings is 1. The van der Waals surface area contributed by atoms with Gasteiger partial charge in [0.25, 0.3) is 0 Å². The lowest BCUT2D eigenvalue weighted by molar-refractivity contribution is 0.430. The molecule has 1 aromatic heterocycles. The fourth-order valence-corrected chi connectivity index (χ4v) is 3.70. The van der Waals surface area contributed by atoms with Crippen LogP contribution < -0.4 is 5.73 Å². The van der Waals surface area contributed by atoms with Gasteiger partial charge in [0.1, 0.15) is 0 Å². The normalized spacial score (nSPS) is 32.4. The van der Waals surface area contributed by atoms with Crippen LogP contribution in [0.1, 0.15) is 43.0 Å². The second kappa shape index (κ2) is 3.67. The van der Waals surface area contributed by atoms with Gasteiger partial charge in [0.05, 0.1) is 5.54 Å². The van der Waals surface area contributed by atoms with Crippen LogP contribution in [0.15, 0.2) is 11.4 Å². The highest BCUT2D eigenvalue weighted by atomic mass is 32.1. The Morgan fingerprint density at radius 2 is 2.43 bits per heavy atom. The third kappa shape index (κ3) is 1.61. The zero-order chi connectivity index (χ0) is 10.2. The van der Waals surface area contributed by atoms with Crippen LogP contribution in [0.3, 0.4) is 0 Å². The van der Waals surface area contributed by atoms with Crippen molar-refractivity contribution in [3.63, 3.8) is 0 Å². The van der Waals surface area contributed by atoms with Crippen LogP contribution in [0, 0.1) is 12.8 Å². The van der Waals surface area contributed by atoms with Gasteiger partial charge in [0, 0.05) is 4.88 Å². The first kappa shape index (κ1) is 10.2. The SMILES string of the molecule is CCC1CCC(N)(c2sccc2C)C1. The van der Waals surface area contributed by atoms with Crippen molar-refractivity contribution in [3.8, 4) is 0 Å². The Hall–Kier alpha value is -0.340. The molecule has 2 unspecified atom stereocenters. The van der Waals surface area contributed by atoms with E-state index in [-0.39, 0.29) is 5.54 Å². The Kier molecular flexibility index (Phi) is 2.67. The van der Waals surface area contributed by atoms with E-state index in [2.05, 4.69) is 25.3 Å². The van der Waals surface area contributed by atoms with Gasteiger partial charge in [0.2, 0.25) is 0 Å². The molecule has 0 radical (unpaired) electrons. The van der Waals surface area contributed by atoms with Gasteiger partial charge < -0.3 is 5.73 Å². The third-order valence-electron chi connectivity index (χ3n) is 3.54. The van der Waals surface area contributed by atoms with E-state index in [9.17, 15) is 0 Å². The largest absolute Gasteiger partial charge is 0.321 e. The minimum atomic E-state index is -0.00106. The lowest BCUT2D eigenvalue weighted by Gasteiger charge is -2.24. The third-order valence-corrected chi connectivity index (χ3v) is 4.78. The van der Waals surface area contributed by atoms with Crippen LogP contribution in [0.5, 0.6) is 0 Å². The van der Waals surface area contributed by atoms with Crippen molar-refractivity contribution in [2.24, 2.45) is 11.7 Å². The molecule has 1 nitrogen and oxygen atoms in total. The van der Waals surface area contributed by atoms with Crippen LogP contribution in [-0.2, 0) is 5.54 Å². The summed E-state index contributed by atoms with van der Waals surface area (Å²) in [6, 6.07) is 2.19. The summed E-state index contributed by atoms with van der Waals surface area (Å²) in [6.45, 7) is 4.46. The molecular formula is C12H19NS. The first-order valence-electron chi connectivity index (χ1n) is 5.49. The van der Waals surface area contributed by atoms with Crippen molar-refractivity contribution in [1.82, 2.24) is 0 Å². The summed E-state index contributed by atoms with van der Waals surface area (Å²) in [5, 5.41) is 2.17. The van der Waals surface area contributed by atoms with Gasteiger partial charge in [0.15, 0.2) is 0 Å². The number of aryl methyl sites for hydroxylation is 1. The van der Waals surface area contributed by atoms with Gasteiger partial charge in [-0.2, -0.15) is 0 Å². The summed E-state index contributed by atoms with van der Waals surface area (Å²) in [7, 11) is 0. The first-order valence-corrected chi connectivity index (χ1v) is 6.37. The van der Waals surface area contributed by atoms with E-state index >= 15 is 0 Å². The molecule has 0 aliphatic heterocycles. The van der Waals surface area contributed by atoms with E-state index in [1.165, 1.54) is 36.1 Å².